The summed E-state index contributed by atoms with van der Waals surface area (Å²) < 4.78 is 39.0. The van der Waals surface area contributed by atoms with Crippen molar-refractivity contribution in [1.82, 2.24) is 0 Å². The molecule has 3 aromatic rings. The number of phenols is 1. The molecule has 0 aromatic heterocycles. The van der Waals surface area contributed by atoms with Crippen LogP contribution in [-0.2, 0) is 37.0 Å². The van der Waals surface area contributed by atoms with E-state index in [9.17, 15) is 18.1 Å². The summed E-state index contributed by atoms with van der Waals surface area (Å²) in [6.07, 6.45) is 0. The largest absolute Gasteiger partial charge is 0.726 e. The molecule has 0 bridgehead atoms. The van der Waals surface area contributed by atoms with E-state index >= 15 is 0 Å². The zero-order chi connectivity index (χ0) is 21.4. The maximum absolute atomic E-state index is 10.0. The number of hydrogen-bond acceptors (Lipinski definition) is 6. The van der Waals surface area contributed by atoms with Crippen LogP contribution in [0.15, 0.2) is 83.8 Å². The Hall–Kier alpha value is -2.52. The van der Waals surface area contributed by atoms with Crippen LogP contribution in [-0.4, -0.2) is 31.3 Å². The van der Waals surface area contributed by atoms with Gasteiger partial charge in [-0.2, -0.15) is 0 Å². The van der Waals surface area contributed by atoms with Crippen molar-refractivity contribution in [3.63, 3.8) is 0 Å². The van der Waals surface area contributed by atoms with Crippen molar-refractivity contribution in [3.8, 4) is 11.5 Å². The van der Waals surface area contributed by atoms with E-state index in [0.717, 1.165) is 11.5 Å². The molecule has 0 amide bonds. The average Bonchev–Trinajstić information content (AvgIpc) is 3.17. The Labute approximate surface area is 179 Å². The van der Waals surface area contributed by atoms with Gasteiger partial charge in [-0.15, -0.1) is 0 Å². The van der Waals surface area contributed by atoms with Gasteiger partial charge in [-0.25, -0.2) is 8.42 Å². The lowest BCUT2D eigenvalue weighted by Gasteiger charge is -2.08. The molecule has 4 rings (SSSR count). The average molecular weight is 447 g/mol. The number of hydrogen-bond donors (Lipinski definition) is 1. The van der Waals surface area contributed by atoms with Crippen molar-refractivity contribution in [2.24, 2.45) is 0 Å². The van der Waals surface area contributed by atoms with Gasteiger partial charge in [-0.1, -0.05) is 42.5 Å². The van der Waals surface area contributed by atoms with Crippen LogP contribution in [0.2, 0.25) is 0 Å². The van der Waals surface area contributed by atoms with Gasteiger partial charge in [0, 0.05) is 22.0 Å². The highest BCUT2D eigenvalue weighted by molar-refractivity contribution is 7.95. The van der Waals surface area contributed by atoms with E-state index in [1.54, 1.807) is 36.4 Å². The maximum Gasteiger partial charge on any atom is 0.217 e. The molecule has 0 spiro atoms. The summed E-state index contributed by atoms with van der Waals surface area (Å²) in [7, 11) is -4.32. The molecule has 6 nitrogen and oxygen atoms in total. The summed E-state index contributed by atoms with van der Waals surface area (Å²) in [5, 5.41) is 9.28. The molecule has 0 unspecified atom stereocenters. The molecule has 1 N–H and O–H groups in total. The second kappa shape index (κ2) is 10.5. The maximum atomic E-state index is 10.0. The summed E-state index contributed by atoms with van der Waals surface area (Å²) in [6.45, 7) is -0.258. The molecule has 1 heterocycles. The Bertz CT molecular complexity index is 1010. The Kier molecular flexibility index (Phi) is 7.75. The van der Waals surface area contributed by atoms with E-state index in [1.165, 1.54) is 16.0 Å². The fourth-order valence-electron chi connectivity index (χ4n) is 2.88. The van der Waals surface area contributed by atoms with E-state index in [-0.39, 0.29) is 13.2 Å². The molecular weight excluding hydrogens is 424 g/mol. The fraction of sp³-hybridized carbons (Fsp3) is 0.182. The van der Waals surface area contributed by atoms with Crippen molar-refractivity contribution in [2.75, 3.05) is 13.2 Å². The number of para-hydroxylation sites is 1. The molecule has 8 heteroatoms. The molecule has 0 saturated heterocycles. The van der Waals surface area contributed by atoms with Gasteiger partial charge in [-0.05, 0) is 36.4 Å². The third-order valence-corrected chi connectivity index (χ3v) is 6.98. The zero-order valence-corrected chi connectivity index (χ0v) is 17.8. The first-order valence-corrected chi connectivity index (χ1v) is 12.1. The Morgan fingerprint density at radius 1 is 0.833 bits per heavy atom. The number of benzene rings is 3. The summed E-state index contributed by atoms with van der Waals surface area (Å²) in [6, 6.07) is 25.1. The van der Waals surface area contributed by atoms with E-state index in [4.69, 9.17) is 4.74 Å². The highest BCUT2D eigenvalue weighted by Crippen LogP contribution is 2.32. The monoisotopic (exact) mass is 446 g/mol. The minimum Gasteiger partial charge on any atom is -0.726 e. The standard InChI is InChI=1S/C14H12OS.C8H10O5S/c15-13-5-7-14(8-6-13)16-9-11-3-1-2-4-12(11)10-16;9-14(10,11)13-7-6-12-8-4-2-1-3-5-8/h1-8H,9-10H2;1-5H,6-7H2,(H,9,10,11). The molecule has 1 aliphatic rings. The van der Waals surface area contributed by atoms with Crippen LogP contribution in [0, 0.1) is 0 Å². The van der Waals surface area contributed by atoms with Gasteiger partial charge in [0.2, 0.25) is 10.4 Å². The van der Waals surface area contributed by atoms with Crippen molar-refractivity contribution in [3.05, 3.63) is 90.0 Å². The molecule has 0 radical (unpaired) electrons. The lowest BCUT2D eigenvalue weighted by Crippen LogP contribution is -2.11. The molecule has 0 saturated carbocycles. The van der Waals surface area contributed by atoms with Gasteiger partial charge in [0.1, 0.15) is 29.6 Å². The first-order chi connectivity index (χ1) is 14.4. The Balaban J connectivity index is 0.000000173. The molecule has 1 aliphatic heterocycles. The van der Waals surface area contributed by atoms with Gasteiger partial charge >= 0.3 is 0 Å². The lowest BCUT2D eigenvalue weighted by atomic mass is 10.1. The molecular formula is C22H22O6S2. The van der Waals surface area contributed by atoms with Crippen molar-refractivity contribution in [1.29, 1.82) is 0 Å². The number of aromatic hydroxyl groups is 1. The summed E-state index contributed by atoms with van der Waals surface area (Å²) >= 11 is 0. The summed E-state index contributed by atoms with van der Waals surface area (Å²) in [5.41, 5.74) is 2.97. The van der Waals surface area contributed by atoms with Crippen molar-refractivity contribution < 1.29 is 27.0 Å². The SMILES string of the molecule is O=S(=O)([O-])OCCOc1ccccc1.Oc1ccc([S+]2Cc3ccccc3C2)cc1. The number of ether oxygens (including phenoxy) is 1. The highest BCUT2D eigenvalue weighted by atomic mass is 32.3. The number of rotatable bonds is 6. The third-order valence-electron chi connectivity index (χ3n) is 4.27. The molecule has 0 fully saturated rings. The normalized spacial score (nSPS) is 13.2. The highest BCUT2D eigenvalue weighted by Gasteiger charge is 2.31. The van der Waals surface area contributed by atoms with Crippen molar-refractivity contribution in [2.45, 2.75) is 16.4 Å². The van der Waals surface area contributed by atoms with Crippen LogP contribution in [0.4, 0.5) is 0 Å². The van der Waals surface area contributed by atoms with Crippen LogP contribution in [0.25, 0.3) is 0 Å². The predicted molar refractivity (Wildman–Crippen MR) is 115 cm³/mol. The van der Waals surface area contributed by atoms with Gasteiger partial charge in [-0.3, -0.25) is 4.18 Å². The third kappa shape index (κ3) is 7.07. The number of fused-ring (bicyclic) bond motifs is 1. The van der Waals surface area contributed by atoms with Crippen molar-refractivity contribution >= 4 is 21.3 Å². The van der Waals surface area contributed by atoms with E-state index < -0.39 is 10.4 Å². The van der Waals surface area contributed by atoms with E-state index in [2.05, 4.69) is 28.4 Å². The lowest BCUT2D eigenvalue weighted by molar-refractivity contribution is 0.199. The van der Waals surface area contributed by atoms with Gasteiger partial charge < -0.3 is 14.4 Å². The van der Waals surface area contributed by atoms with Crippen LogP contribution in [0.5, 0.6) is 11.5 Å². The smallest absolute Gasteiger partial charge is 0.217 e. The van der Waals surface area contributed by atoms with Crippen LogP contribution < -0.4 is 4.74 Å². The van der Waals surface area contributed by atoms with Crippen LogP contribution in [0.1, 0.15) is 11.1 Å². The Morgan fingerprint density at radius 3 is 1.97 bits per heavy atom. The number of phenolic OH excluding ortho intramolecular Hbond substituents is 1. The van der Waals surface area contributed by atoms with Crippen LogP contribution >= 0.6 is 0 Å². The first kappa shape index (κ1) is 22.2. The first-order valence-electron chi connectivity index (χ1n) is 9.22. The predicted octanol–water partition coefficient (Wildman–Crippen LogP) is 3.63. The summed E-state index contributed by atoms with van der Waals surface area (Å²) in [5.74, 6) is 3.26. The topological polar surface area (TPSA) is 95.9 Å². The Morgan fingerprint density at radius 2 is 1.40 bits per heavy atom. The molecule has 0 aliphatic carbocycles. The van der Waals surface area contributed by atoms with Gasteiger partial charge in [0.05, 0.1) is 6.61 Å². The van der Waals surface area contributed by atoms with Gasteiger partial charge in [0.25, 0.3) is 0 Å². The molecule has 0 atom stereocenters. The quantitative estimate of drug-likeness (QED) is 0.269. The van der Waals surface area contributed by atoms with E-state index in [1.807, 2.05) is 18.2 Å². The minimum atomic E-state index is -4.61. The molecule has 3 aromatic carbocycles. The second-order valence-electron chi connectivity index (χ2n) is 6.44. The minimum absolute atomic E-state index is 0.0193. The second-order valence-corrected chi connectivity index (χ2v) is 9.52. The fourth-order valence-corrected chi connectivity index (χ4v) is 5.43. The summed E-state index contributed by atoms with van der Waals surface area (Å²) in [4.78, 5) is 1.36. The van der Waals surface area contributed by atoms with Crippen LogP contribution in [0.3, 0.4) is 0 Å². The molecule has 30 heavy (non-hydrogen) atoms. The van der Waals surface area contributed by atoms with E-state index in [0.29, 0.717) is 22.4 Å². The van der Waals surface area contributed by atoms with Gasteiger partial charge in [0.15, 0.2) is 4.90 Å². The zero-order valence-electron chi connectivity index (χ0n) is 16.1. The molecule has 158 valence electrons.